The monoisotopic (exact) mass is 208 g/mol. The highest BCUT2D eigenvalue weighted by molar-refractivity contribution is 5.72. The van der Waals surface area contributed by atoms with E-state index in [2.05, 4.69) is 32.9 Å². The van der Waals surface area contributed by atoms with E-state index in [0.29, 0.717) is 5.92 Å². The lowest BCUT2D eigenvalue weighted by molar-refractivity contribution is -0.153. The van der Waals surface area contributed by atoms with Gasteiger partial charge in [-0.15, -0.1) is 0 Å². The van der Waals surface area contributed by atoms with Gasteiger partial charge in [-0.25, -0.2) is 0 Å². The third-order valence-corrected chi connectivity index (χ3v) is 4.45. The Balaban J connectivity index is 2.44. The molecular weight excluding hydrogens is 188 g/mol. The minimum atomic E-state index is -0.612. The van der Waals surface area contributed by atoms with Crippen LogP contribution in [0.4, 0.5) is 0 Å². The van der Waals surface area contributed by atoms with Crippen LogP contribution in [0.1, 0.15) is 40.0 Å². The zero-order chi connectivity index (χ0) is 11.3. The van der Waals surface area contributed by atoms with Gasteiger partial charge in [-0.3, -0.25) is 4.79 Å². The van der Waals surface area contributed by atoms with Crippen molar-refractivity contribution in [2.45, 2.75) is 40.0 Å². The van der Waals surface area contributed by atoms with Gasteiger partial charge >= 0.3 is 5.97 Å². The van der Waals surface area contributed by atoms with Gasteiger partial charge in [0.2, 0.25) is 0 Å². The Morgan fingerprint density at radius 3 is 2.47 bits per heavy atom. The fourth-order valence-electron chi connectivity index (χ4n) is 3.38. The summed E-state index contributed by atoms with van der Waals surface area (Å²) in [6.07, 6.45) is 7.48. The van der Waals surface area contributed by atoms with Crippen LogP contribution in [-0.4, -0.2) is 11.1 Å². The molecule has 1 saturated carbocycles. The van der Waals surface area contributed by atoms with Crippen LogP contribution in [0.5, 0.6) is 0 Å². The van der Waals surface area contributed by atoms with Gasteiger partial charge in [-0.2, -0.15) is 0 Å². The molecule has 0 heterocycles. The highest BCUT2D eigenvalue weighted by Gasteiger charge is 2.54. The maximum absolute atomic E-state index is 11.4. The van der Waals surface area contributed by atoms with Crippen LogP contribution >= 0.6 is 0 Å². The van der Waals surface area contributed by atoms with Crippen LogP contribution in [-0.2, 0) is 4.79 Å². The topological polar surface area (TPSA) is 37.3 Å². The molecule has 0 aromatic rings. The zero-order valence-corrected chi connectivity index (χ0v) is 9.79. The summed E-state index contributed by atoms with van der Waals surface area (Å²) in [4.78, 5) is 11.4. The first-order valence-electron chi connectivity index (χ1n) is 5.79. The third-order valence-electron chi connectivity index (χ3n) is 4.45. The van der Waals surface area contributed by atoms with E-state index in [4.69, 9.17) is 0 Å². The van der Waals surface area contributed by atoms with Crippen LogP contribution in [0.2, 0.25) is 0 Å². The van der Waals surface area contributed by atoms with E-state index in [0.717, 1.165) is 19.3 Å². The number of fused-ring (bicyclic) bond motifs is 2. The molecule has 1 fully saturated rings. The Hall–Kier alpha value is -0.790. The largest absolute Gasteiger partial charge is 0.481 e. The summed E-state index contributed by atoms with van der Waals surface area (Å²) < 4.78 is 0. The highest BCUT2D eigenvalue weighted by Crippen LogP contribution is 2.58. The second-order valence-corrected chi connectivity index (χ2v) is 6.07. The lowest BCUT2D eigenvalue weighted by Gasteiger charge is -2.54. The van der Waals surface area contributed by atoms with E-state index in [1.54, 1.807) is 0 Å². The Morgan fingerprint density at radius 1 is 1.47 bits per heavy atom. The molecule has 0 aromatic heterocycles. The smallest absolute Gasteiger partial charge is 0.307 e. The number of allylic oxidation sites excluding steroid dienone is 2. The fraction of sp³-hybridized carbons (Fsp3) is 0.769. The molecule has 0 aromatic carbocycles. The number of hydrogen-bond donors (Lipinski definition) is 1. The Labute approximate surface area is 91.4 Å². The SMILES string of the molecule is CC(C)(C)C12C=CC(CC1)CC2C(=O)O. The van der Waals surface area contributed by atoms with Crippen molar-refractivity contribution in [1.82, 2.24) is 0 Å². The van der Waals surface area contributed by atoms with Crippen molar-refractivity contribution >= 4 is 5.97 Å². The van der Waals surface area contributed by atoms with Crippen molar-refractivity contribution in [3.63, 3.8) is 0 Å². The Bertz CT molecular complexity index is 311. The minimum absolute atomic E-state index is 0.0396. The molecule has 0 spiro atoms. The van der Waals surface area contributed by atoms with Gasteiger partial charge in [-0.1, -0.05) is 32.9 Å². The Kier molecular flexibility index (Phi) is 2.21. The van der Waals surface area contributed by atoms with Crippen molar-refractivity contribution in [3.8, 4) is 0 Å². The average Bonchev–Trinajstić information content (AvgIpc) is 2.17. The van der Waals surface area contributed by atoms with Crippen LogP contribution in [0.3, 0.4) is 0 Å². The normalized spacial score (nSPS) is 39.4. The second-order valence-electron chi connectivity index (χ2n) is 6.07. The van der Waals surface area contributed by atoms with E-state index in [-0.39, 0.29) is 16.7 Å². The van der Waals surface area contributed by atoms with Gasteiger partial charge in [0.1, 0.15) is 0 Å². The standard InChI is InChI=1S/C13H20O2/c1-12(2,3)13-6-4-9(5-7-13)8-10(13)11(14)15/h4,6,9-10H,5,7-8H2,1-3H3,(H,14,15). The molecule has 0 radical (unpaired) electrons. The first-order valence-corrected chi connectivity index (χ1v) is 5.79. The number of carbonyl (C=O) groups is 1. The predicted molar refractivity (Wildman–Crippen MR) is 59.5 cm³/mol. The third kappa shape index (κ3) is 1.42. The summed E-state index contributed by atoms with van der Waals surface area (Å²) >= 11 is 0. The second kappa shape index (κ2) is 3.10. The molecule has 0 amide bonds. The highest BCUT2D eigenvalue weighted by atomic mass is 16.4. The number of aliphatic carboxylic acids is 1. The molecule has 3 rings (SSSR count). The van der Waals surface area contributed by atoms with Gasteiger partial charge in [0, 0.05) is 5.41 Å². The molecule has 2 nitrogen and oxygen atoms in total. The van der Waals surface area contributed by atoms with Gasteiger partial charge < -0.3 is 5.11 Å². The molecule has 3 atom stereocenters. The van der Waals surface area contributed by atoms with Gasteiger partial charge in [0.05, 0.1) is 5.92 Å². The molecule has 3 aliphatic carbocycles. The van der Waals surface area contributed by atoms with Gasteiger partial charge in [0.15, 0.2) is 0 Å². The van der Waals surface area contributed by atoms with E-state index < -0.39 is 5.97 Å². The van der Waals surface area contributed by atoms with Crippen LogP contribution in [0.15, 0.2) is 12.2 Å². The number of carboxylic acids is 1. The summed E-state index contributed by atoms with van der Waals surface area (Å²) in [6, 6.07) is 0. The summed E-state index contributed by atoms with van der Waals surface area (Å²) in [5.41, 5.74) is -0.0778. The summed E-state index contributed by atoms with van der Waals surface area (Å²) in [6.45, 7) is 6.50. The van der Waals surface area contributed by atoms with Gasteiger partial charge in [-0.05, 0) is 30.6 Å². The quantitative estimate of drug-likeness (QED) is 0.672. The Morgan fingerprint density at radius 2 is 2.13 bits per heavy atom. The van der Waals surface area contributed by atoms with E-state index in [9.17, 15) is 9.90 Å². The molecule has 0 saturated heterocycles. The van der Waals surface area contributed by atoms with Crippen LogP contribution in [0, 0.1) is 22.7 Å². The number of rotatable bonds is 1. The summed E-state index contributed by atoms with van der Waals surface area (Å²) in [5, 5.41) is 9.35. The molecule has 3 aliphatic rings. The molecule has 2 heteroatoms. The molecule has 1 N–H and O–H groups in total. The lowest BCUT2D eigenvalue weighted by atomic mass is 9.50. The molecule has 0 aliphatic heterocycles. The maximum atomic E-state index is 11.4. The first-order chi connectivity index (χ1) is 6.87. The van der Waals surface area contributed by atoms with E-state index in [1.807, 2.05) is 0 Å². The summed E-state index contributed by atoms with van der Waals surface area (Å²) in [5.74, 6) is -0.282. The van der Waals surface area contributed by atoms with Crippen molar-refractivity contribution < 1.29 is 9.90 Å². The van der Waals surface area contributed by atoms with E-state index >= 15 is 0 Å². The molecule has 84 valence electrons. The predicted octanol–water partition coefficient (Wildman–Crippen LogP) is 3.09. The molecule has 3 unspecified atom stereocenters. The van der Waals surface area contributed by atoms with Crippen molar-refractivity contribution in [3.05, 3.63) is 12.2 Å². The lowest BCUT2D eigenvalue weighted by Crippen LogP contribution is -2.50. The average molecular weight is 208 g/mol. The van der Waals surface area contributed by atoms with Crippen LogP contribution < -0.4 is 0 Å². The molecule has 15 heavy (non-hydrogen) atoms. The number of carboxylic acid groups (broad SMARTS) is 1. The van der Waals surface area contributed by atoms with E-state index in [1.165, 1.54) is 0 Å². The van der Waals surface area contributed by atoms with Gasteiger partial charge in [0.25, 0.3) is 0 Å². The minimum Gasteiger partial charge on any atom is -0.481 e. The van der Waals surface area contributed by atoms with Crippen LogP contribution in [0.25, 0.3) is 0 Å². The molecular formula is C13H20O2. The van der Waals surface area contributed by atoms with Crippen molar-refractivity contribution in [2.24, 2.45) is 22.7 Å². The fourth-order valence-corrected chi connectivity index (χ4v) is 3.38. The summed E-state index contributed by atoms with van der Waals surface area (Å²) in [7, 11) is 0. The maximum Gasteiger partial charge on any atom is 0.307 e. The first kappa shape index (κ1) is 10.7. The molecule has 2 bridgehead atoms. The zero-order valence-electron chi connectivity index (χ0n) is 9.79. The number of hydrogen-bond acceptors (Lipinski definition) is 1. The van der Waals surface area contributed by atoms with Crippen molar-refractivity contribution in [2.75, 3.05) is 0 Å². The van der Waals surface area contributed by atoms with Crippen molar-refractivity contribution in [1.29, 1.82) is 0 Å².